The molecule has 2 aromatic rings. The second-order valence-corrected chi connectivity index (χ2v) is 7.37. The van der Waals surface area contributed by atoms with E-state index in [4.69, 9.17) is 0 Å². The number of fused-ring (bicyclic) bond motifs is 1. The Hall–Kier alpha value is -1.90. The Morgan fingerprint density at radius 1 is 1.34 bits per heavy atom. The Balaban J connectivity index is 0.00000210. The number of carbonyl (C=O) groups excluding carboxylic acids is 1. The lowest BCUT2D eigenvalue weighted by Crippen LogP contribution is -2.39. The smallest absolute Gasteiger partial charge is 0.329 e. The third kappa shape index (κ3) is 5.38. The molecule has 1 saturated heterocycles. The van der Waals surface area contributed by atoms with Gasteiger partial charge < -0.3 is 10.6 Å². The van der Waals surface area contributed by atoms with Crippen LogP contribution in [0.3, 0.4) is 0 Å². The standard InChI is InChI=1S/C19H27N5O3.2ClH/c1-4-24-16-15(18(26)23-19(24)27)13(8-14(22-16)11(2)3)17(25)21-10-12-6-5-7-20-9-12;;/h8,11-12,20H,4-7,9-10H2,1-3H3,(H,21,25)(H,23,26,27);2*1H. The number of aromatic nitrogens is 3. The van der Waals surface area contributed by atoms with Crippen LogP contribution in [0.15, 0.2) is 15.7 Å². The molecule has 0 radical (unpaired) electrons. The molecule has 2 aromatic heterocycles. The molecule has 162 valence electrons. The summed E-state index contributed by atoms with van der Waals surface area (Å²) in [5.74, 6) is 0.136. The molecule has 1 amide bonds. The molecule has 1 unspecified atom stereocenters. The summed E-state index contributed by atoms with van der Waals surface area (Å²) in [6.45, 7) is 8.54. The summed E-state index contributed by atoms with van der Waals surface area (Å²) in [7, 11) is 0. The van der Waals surface area contributed by atoms with E-state index in [1.165, 1.54) is 4.57 Å². The van der Waals surface area contributed by atoms with Crippen LogP contribution in [0.2, 0.25) is 0 Å². The van der Waals surface area contributed by atoms with Crippen LogP contribution < -0.4 is 21.9 Å². The van der Waals surface area contributed by atoms with Crippen LogP contribution in [-0.4, -0.2) is 40.1 Å². The van der Waals surface area contributed by atoms with Crippen LogP contribution in [0, 0.1) is 5.92 Å². The minimum absolute atomic E-state index is 0. The average molecular weight is 446 g/mol. The Morgan fingerprint density at radius 2 is 2.07 bits per heavy atom. The van der Waals surface area contributed by atoms with Crippen molar-refractivity contribution in [1.82, 2.24) is 25.2 Å². The number of nitrogens with one attached hydrogen (secondary N) is 3. The Bertz CT molecular complexity index is 965. The number of aromatic amines is 1. The fourth-order valence-corrected chi connectivity index (χ4v) is 3.49. The fraction of sp³-hybridized carbons (Fsp3) is 0.579. The van der Waals surface area contributed by atoms with Crippen molar-refractivity contribution in [2.24, 2.45) is 5.92 Å². The topological polar surface area (TPSA) is 109 Å². The summed E-state index contributed by atoms with van der Waals surface area (Å²) in [4.78, 5) is 44.4. The zero-order chi connectivity index (χ0) is 19.6. The van der Waals surface area contributed by atoms with Gasteiger partial charge in [-0.1, -0.05) is 13.8 Å². The number of amides is 1. The van der Waals surface area contributed by atoms with Crippen molar-refractivity contribution in [3.8, 4) is 0 Å². The zero-order valence-electron chi connectivity index (χ0n) is 16.9. The SMILES string of the molecule is CCn1c(=O)[nH]c(=O)c2c(C(=O)NCC3CCCNC3)cc(C(C)C)nc21.Cl.Cl. The molecule has 3 N–H and O–H groups in total. The Labute approximate surface area is 181 Å². The molecule has 0 aliphatic carbocycles. The molecule has 1 atom stereocenters. The van der Waals surface area contributed by atoms with Crippen LogP contribution in [-0.2, 0) is 6.54 Å². The van der Waals surface area contributed by atoms with Gasteiger partial charge in [-0.25, -0.2) is 9.78 Å². The fourth-order valence-electron chi connectivity index (χ4n) is 3.49. The van der Waals surface area contributed by atoms with Gasteiger partial charge in [-0.3, -0.25) is 19.1 Å². The maximum absolute atomic E-state index is 12.9. The Morgan fingerprint density at radius 3 is 2.66 bits per heavy atom. The summed E-state index contributed by atoms with van der Waals surface area (Å²) in [5, 5.41) is 6.45. The van der Waals surface area contributed by atoms with Crippen molar-refractivity contribution in [2.45, 2.75) is 46.1 Å². The van der Waals surface area contributed by atoms with Crippen LogP contribution in [0.5, 0.6) is 0 Å². The molecule has 3 heterocycles. The molecule has 0 saturated carbocycles. The van der Waals surface area contributed by atoms with E-state index in [1.54, 1.807) is 13.0 Å². The molecule has 3 rings (SSSR count). The molecule has 8 nitrogen and oxygen atoms in total. The maximum Gasteiger partial charge on any atom is 0.329 e. The minimum Gasteiger partial charge on any atom is -0.352 e. The van der Waals surface area contributed by atoms with Crippen LogP contribution in [0.4, 0.5) is 0 Å². The molecular weight excluding hydrogens is 417 g/mol. The van der Waals surface area contributed by atoms with E-state index < -0.39 is 11.2 Å². The van der Waals surface area contributed by atoms with E-state index in [0.717, 1.165) is 25.9 Å². The van der Waals surface area contributed by atoms with Crippen LogP contribution in [0.25, 0.3) is 11.0 Å². The van der Waals surface area contributed by atoms with E-state index in [9.17, 15) is 14.4 Å². The normalized spacial score (nSPS) is 16.2. The zero-order valence-corrected chi connectivity index (χ0v) is 18.5. The van der Waals surface area contributed by atoms with Gasteiger partial charge in [0, 0.05) is 18.8 Å². The third-order valence-electron chi connectivity index (χ3n) is 5.07. The predicted molar refractivity (Wildman–Crippen MR) is 119 cm³/mol. The molecule has 0 aromatic carbocycles. The van der Waals surface area contributed by atoms with Gasteiger partial charge in [0.2, 0.25) is 0 Å². The number of hydrogen-bond donors (Lipinski definition) is 3. The average Bonchev–Trinajstić information content (AvgIpc) is 2.66. The van der Waals surface area contributed by atoms with Gasteiger partial charge in [-0.15, -0.1) is 24.8 Å². The number of halogens is 2. The van der Waals surface area contributed by atoms with Crippen molar-refractivity contribution in [2.75, 3.05) is 19.6 Å². The van der Waals surface area contributed by atoms with Gasteiger partial charge in [-0.2, -0.15) is 0 Å². The first-order chi connectivity index (χ1) is 12.9. The number of nitrogens with zero attached hydrogens (tertiary/aromatic N) is 2. The lowest BCUT2D eigenvalue weighted by Gasteiger charge is -2.23. The van der Waals surface area contributed by atoms with Gasteiger partial charge in [0.25, 0.3) is 11.5 Å². The van der Waals surface area contributed by atoms with E-state index in [-0.39, 0.29) is 53.2 Å². The van der Waals surface area contributed by atoms with Gasteiger partial charge in [0.15, 0.2) is 5.65 Å². The molecule has 0 bridgehead atoms. The summed E-state index contributed by atoms with van der Waals surface area (Å²) in [6.07, 6.45) is 2.16. The molecule has 0 spiro atoms. The van der Waals surface area contributed by atoms with E-state index in [0.29, 0.717) is 24.7 Å². The highest BCUT2D eigenvalue weighted by molar-refractivity contribution is 6.05. The first-order valence-electron chi connectivity index (χ1n) is 9.59. The second-order valence-electron chi connectivity index (χ2n) is 7.37. The van der Waals surface area contributed by atoms with Crippen LogP contribution >= 0.6 is 24.8 Å². The van der Waals surface area contributed by atoms with Crippen LogP contribution in [0.1, 0.15) is 55.6 Å². The van der Waals surface area contributed by atoms with Gasteiger partial charge in [-0.05, 0) is 50.8 Å². The number of hydrogen-bond acceptors (Lipinski definition) is 5. The molecule has 29 heavy (non-hydrogen) atoms. The quantitative estimate of drug-likeness (QED) is 0.649. The van der Waals surface area contributed by atoms with E-state index in [1.807, 2.05) is 13.8 Å². The van der Waals surface area contributed by atoms with Gasteiger partial charge >= 0.3 is 5.69 Å². The Kier molecular flexibility index (Phi) is 9.32. The number of piperidine rings is 1. The lowest BCUT2D eigenvalue weighted by molar-refractivity contribution is 0.0946. The van der Waals surface area contributed by atoms with Crippen molar-refractivity contribution < 1.29 is 4.79 Å². The first kappa shape index (κ1) is 25.1. The number of aryl methyl sites for hydroxylation is 1. The van der Waals surface area contributed by atoms with Gasteiger partial charge in [0.1, 0.15) is 0 Å². The monoisotopic (exact) mass is 445 g/mol. The highest BCUT2D eigenvalue weighted by Gasteiger charge is 2.21. The molecule has 1 fully saturated rings. The summed E-state index contributed by atoms with van der Waals surface area (Å²) in [5.41, 5.74) is 0.132. The number of H-pyrrole nitrogens is 1. The summed E-state index contributed by atoms with van der Waals surface area (Å²) < 4.78 is 1.39. The van der Waals surface area contributed by atoms with Crippen molar-refractivity contribution in [1.29, 1.82) is 0 Å². The predicted octanol–water partition coefficient (Wildman–Crippen LogP) is 1.80. The van der Waals surface area contributed by atoms with Crippen molar-refractivity contribution in [3.63, 3.8) is 0 Å². The molecule has 10 heteroatoms. The maximum atomic E-state index is 12.9. The van der Waals surface area contributed by atoms with E-state index in [2.05, 4.69) is 20.6 Å². The summed E-state index contributed by atoms with van der Waals surface area (Å²) >= 11 is 0. The first-order valence-corrected chi connectivity index (χ1v) is 9.59. The highest BCUT2D eigenvalue weighted by Crippen LogP contribution is 2.20. The lowest BCUT2D eigenvalue weighted by atomic mass is 9.99. The number of rotatable bonds is 5. The molecular formula is C19H29Cl2N5O3. The van der Waals surface area contributed by atoms with Crippen molar-refractivity contribution in [3.05, 3.63) is 38.2 Å². The van der Waals surface area contributed by atoms with E-state index >= 15 is 0 Å². The second kappa shape index (κ2) is 10.8. The minimum atomic E-state index is -0.577. The largest absolute Gasteiger partial charge is 0.352 e. The number of pyridine rings is 1. The van der Waals surface area contributed by atoms with Gasteiger partial charge in [0.05, 0.1) is 10.9 Å². The summed E-state index contributed by atoms with van der Waals surface area (Å²) in [6, 6.07) is 1.67. The third-order valence-corrected chi connectivity index (χ3v) is 5.07. The molecule has 1 aliphatic rings. The number of carbonyl (C=O) groups is 1. The van der Waals surface area contributed by atoms with Crippen molar-refractivity contribution >= 4 is 41.8 Å². The highest BCUT2D eigenvalue weighted by atomic mass is 35.5. The molecule has 1 aliphatic heterocycles.